The molecule has 3 amide bonds. The lowest BCUT2D eigenvalue weighted by Gasteiger charge is -2.34. The third-order valence-electron chi connectivity index (χ3n) is 5.70. The molecule has 8 nitrogen and oxygen atoms in total. The second kappa shape index (κ2) is 8.71. The van der Waals surface area contributed by atoms with E-state index >= 15 is 0 Å². The van der Waals surface area contributed by atoms with Crippen LogP contribution in [0.5, 0.6) is 0 Å². The third kappa shape index (κ3) is 5.08. The van der Waals surface area contributed by atoms with Crippen LogP contribution in [0.2, 0.25) is 0 Å². The van der Waals surface area contributed by atoms with Crippen LogP contribution in [0.15, 0.2) is 29.2 Å². The van der Waals surface area contributed by atoms with Crippen molar-refractivity contribution in [3.05, 3.63) is 24.3 Å². The number of carbonyl (C=O) groups excluding carboxylic acids is 2. The second-order valence-corrected chi connectivity index (χ2v) is 10.3. The molecule has 3 atom stereocenters. The first-order valence-electron chi connectivity index (χ1n) is 10.1. The molecule has 0 aromatic heterocycles. The van der Waals surface area contributed by atoms with Gasteiger partial charge in [-0.2, -0.15) is 4.31 Å². The van der Waals surface area contributed by atoms with Gasteiger partial charge in [0.05, 0.1) is 10.8 Å². The van der Waals surface area contributed by atoms with Crippen LogP contribution in [0.3, 0.4) is 0 Å². The number of anilines is 1. The van der Waals surface area contributed by atoms with Crippen LogP contribution in [0.25, 0.3) is 0 Å². The van der Waals surface area contributed by atoms with Gasteiger partial charge in [-0.15, -0.1) is 0 Å². The Balaban J connectivity index is 1.65. The van der Waals surface area contributed by atoms with Crippen molar-refractivity contribution in [2.45, 2.75) is 38.0 Å². The standard InChI is InChI=1S/C20H30N4O4S/c1-14-10-15(2)12-24(11-14)29(27,28)18-7-5-17(6-8-18)22-19(25)16-4-3-9-23(13-16)20(21)26/h5-8,14-16H,3-4,9-13H2,1-2H3,(H2,21,26)(H,22,25)/t14-,15-,16-/m1/s1. The topological polar surface area (TPSA) is 113 Å². The van der Waals surface area contributed by atoms with E-state index in [0.717, 1.165) is 12.8 Å². The number of amides is 3. The fraction of sp³-hybridized carbons (Fsp3) is 0.600. The summed E-state index contributed by atoms with van der Waals surface area (Å²) in [6.07, 6.45) is 2.45. The number of carbonyl (C=O) groups is 2. The minimum atomic E-state index is -3.55. The summed E-state index contributed by atoms with van der Waals surface area (Å²) in [6, 6.07) is 5.77. The van der Waals surface area contributed by atoms with E-state index < -0.39 is 16.1 Å². The summed E-state index contributed by atoms with van der Waals surface area (Å²) in [5, 5.41) is 2.82. The first kappa shape index (κ1) is 21.6. The van der Waals surface area contributed by atoms with Gasteiger partial charge in [-0.1, -0.05) is 13.8 Å². The van der Waals surface area contributed by atoms with Crippen LogP contribution in [0.4, 0.5) is 10.5 Å². The first-order chi connectivity index (χ1) is 13.7. The predicted octanol–water partition coefficient (Wildman–Crippen LogP) is 2.08. The number of nitrogens with zero attached hydrogens (tertiary/aromatic N) is 2. The number of rotatable bonds is 4. The number of primary amides is 1. The zero-order valence-electron chi connectivity index (χ0n) is 17.0. The lowest BCUT2D eigenvalue weighted by atomic mass is 9.94. The van der Waals surface area contributed by atoms with Crippen LogP contribution in [-0.2, 0) is 14.8 Å². The van der Waals surface area contributed by atoms with Crippen molar-refractivity contribution in [2.24, 2.45) is 23.5 Å². The molecule has 2 aliphatic rings. The maximum atomic E-state index is 12.9. The monoisotopic (exact) mass is 422 g/mol. The van der Waals surface area contributed by atoms with Crippen molar-refractivity contribution in [3.8, 4) is 0 Å². The van der Waals surface area contributed by atoms with Crippen molar-refractivity contribution in [3.63, 3.8) is 0 Å². The second-order valence-electron chi connectivity index (χ2n) is 8.41. The number of hydrogen-bond acceptors (Lipinski definition) is 4. The molecule has 3 N–H and O–H groups in total. The van der Waals surface area contributed by atoms with E-state index in [2.05, 4.69) is 19.2 Å². The zero-order chi connectivity index (χ0) is 21.2. The van der Waals surface area contributed by atoms with E-state index in [1.165, 1.54) is 17.0 Å². The number of hydrogen-bond donors (Lipinski definition) is 2. The Morgan fingerprint density at radius 2 is 1.69 bits per heavy atom. The molecule has 1 aromatic carbocycles. The number of nitrogens with one attached hydrogen (secondary N) is 1. The van der Waals surface area contributed by atoms with E-state index in [-0.39, 0.29) is 16.7 Å². The first-order valence-corrected chi connectivity index (χ1v) is 11.6. The summed E-state index contributed by atoms with van der Waals surface area (Å²) in [5.41, 5.74) is 5.85. The van der Waals surface area contributed by atoms with Crippen LogP contribution < -0.4 is 11.1 Å². The minimum absolute atomic E-state index is 0.190. The molecule has 2 aliphatic heterocycles. The van der Waals surface area contributed by atoms with E-state index in [9.17, 15) is 18.0 Å². The van der Waals surface area contributed by atoms with Gasteiger partial charge in [0.15, 0.2) is 0 Å². The van der Waals surface area contributed by atoms with Crippen molar-refractivity contribution in [1.82, 2.24) is 9.21 Å². The Kier molecular flexibility index (Phi) is 6.48. The SMILES string of the molecule is C[C@@H]1C[C@@H](C)CN(S(=O)(=O)c2ccc(NC(=O)[C@@H]3CCCN(C(N)=O)C3)cc2)C1. The quantitative estimate of drug-likeness (QED) is 0.773. The van der Waals surface area contributed by atoms with E-state index in [1.54, 1.807) is 16.4 Å². The van der Waals surface area contributed by atoms with Gasteiger partial charge in [0.1, 0.15) is 0 Å². The van der Waals surface area contributed by atoms with E-state index in [0.29, 0.717) is 50.1 Å². The molecule has 9 heteroatoms. The average Bonchev–Trinajstić information content (AvgIpc) is 2.67. The highest BCUT2D eigenvalue weighted by molar-refractivity contribution is 7.89. The molecule has 0 unspecified atom stereocenters. The highest BCUT2D eigenvalue weighted by Crippen LogP contribution is 2.27. The molecule has 2 saturated heterocycles. The van der Waals surface area contributed by atoms with Gasteiger partial charge in [0.2, 0.25) is 15.9 Å². The van der Waals surface area contributed by atoms with Gasteiger partial charge in [0, 0.05) is 31.9 Å². The highest BCUT2D eigenvalue weighted by Gasteiger charge is 2.32. The van der Waals surface area contributed by atoms with Gasteiger partial charge < -0.3 is 16.0 Å². The van der Waals surface area contributed by atoms with Gasteiger partial charge in [0.25, 0.3) is 0 Å². The molecule has 29 heavy (non-hydrogen) atoms. The largest absolute Gasteiger partial charge is 0.351 e. The highest BCUT2D eigenvalue weighted by atomic mass is 32.2. The van der Waals surface area contributed by atoms with Crippen LogP contribution >= 0.6 is 0 Å². The number of piperidine rings is 2. The molecule has 1 aromatic rings. The molecule has 0 aliphatic carbocycles. The number of urea groups is 1. The molecule has 160 valence electrons. The predicted molar refractivity (Wildman–Crippen MR) is 111 cm³/mol. The molecular weight excluding hydrogens is 392 g/mol. The maximum absolute atomic E-state index is 12.9. The number of likely N-dealkylation sites (tertiary alicyclic amines) is 1. The number of benzene rings is 1. The molecule has 2 fully saturated rings. The van der Waals surface area contributed by atoms with Crippen molar-refractivity contribution in [2.75, 3.05) is 31.5 Å². The molecular formula is C20H30N4O4S. The van der Waals surface area contributed by atoms with Crippen molar-refractivity contribution < 1.29 is 18.0 Å². The Hall–Kier alpha value is -2.13. The van der Waals surface area contributed by atoms with Crippen LogP contribution in [0.1, 0.15) is 33.1 Å². The van der Waals surface area contributed by atoms with E-state index in [1.807, 2.05) is 0 Å². The lowest BCUT2D eigenvalue weighted by Crippen LogP contribution is -2.46. The van der Waals surface area contributed by atoms with Gasteiger partial charge in [-0.05, 0) is 55.4 Å². The molecule has 0 radical (unpaired) electrons. The van der Waals surface area contributed by atoms with Crippen molar-refractivity contribution in [1.29, 1.82) is 0 Å². The Morgan fingerprint density at radius 1 is 1.07 bits per heavy atom. The minimum Gasteiger partial charge on any atom is -0.351 e. The summed E-state index contributed by atoms with van der Waals surface area (Å²) < 4.78 is 27.5. The Morgan fingerprint density at radius 3 is 2.28 bits per heavy atom. The maximum Gasteiger partial charge on any atom is 0.314 e. The summed E-state index contributed by atoms with van der Waals surface area (Å²) >= 11 is 0. The van der Waals surface area contributed by atoms with E-state index in [4.69, 9.17) is 5.73 Å². The van der Waals surface area contributed by atoms with Gasteiger partial charge >= 0.3 is 6.03 Å². The Labute approximate surface area is 172 Å². The lowest BCUT2D eigenvalue weighted by molar-refractivity contribution is -0.121. The molecule has 3 rings (SSSR count). The molecule has 2 heterocycles. The number of nitrogens with two attached hydrogens (primary N) is 1. The van der Waals surface area contributed by atoms with Crippen LogP contribution in [0, 0.1) is 17.8 Å². The Bertz CT molecular complexity index is 846. The average molecular weight is 423 g/mol. The molecule has 0 spiro atoms. The van der Waals surface area contributed by atoms with Gasteiger partial charge in [-0.25, -0.2) is 13.2 Å². The fourth-order valence-electron chi connectivity index (χ4n) is 4.30. The molecule has 0 saturated carbocycles. The van der Waals surface area contributed by atoms with Crippen molar-refractivity contribution >= 4 is 27.6 Å². The normalized spacial score (nSPS) is 26.1. The summed E-state index contributed by atoms with van der Waals surface area (Å²) in [5.74, 6) is 0.159. The summed E-state index contributed by atoms with van der Waals surface area (Å²) in [4.78, 5) is 25.6. The summed E-state index contributed by atoms with van der Waals surface area (Å²) in [6.45, 7) is 6.08. The van der Waals surface area contributed by atoms with Gasteiger partial charge in [-0.3, -0.25) is 4.79 Å². The zero-order valence-corrected chi connectivity index (χ0v) is 17.8. The number of sulfonamides is 1. The van der Waals surface area contributed by atoms with Crippen LogP contribution in [-0.4, -0.2) is 55.7 Å². The smallest absolute Gasteiger partial charge is 0.314 e. The fourth-order valence-corrected chi connectivity index (χ4v) is 5.98. The summed E-state index contributed by atoms with van der Waals surface area (Å²) in [7, 11) is -3.55. The molecule has 0 bridgehead atoms. The third-order valence-corrected chi connectivity index (χ3v) is 7.54.